The molecule has 0 heterocycles. The van der Waals surface area contributed by atoms with E-state index in [1.807, 2.05) is 37.3 Å². The summed E-state index contributed by atoms with van der Waals surface area (Å²) in [4.78, 5) is 33.5. The molecule has 110 valence electrons. The summed E-state index contributed by atoms with van der Waals surface area (Å²) in [5.74, 6) is -2.40. The van der Waals surface area contributed by atoms with Gasteiger partial charge in [0.2, 0.25) is 5.91 Å². The highest BCUT2D eigenvalue weighted by molar-refractivity contribution is 5.95. The molecule has 1 fully saturated rings. The van der Waals surface area contributed by atoms with E-state index < -0.39 is 11.9 Å². The van der Waals surface area contributed by atoms with Crippen molar-refractivity contribution in [3.05, 3.63) is 48.0 Å². The van der Waals surface area contributed by atoms with E-state index >= 15 is 0 Å². The molecular formula is C15H16N2O4. The zero-order valence-electron chi connectivity index (χ0n) is 11.5. The van der Waals surface area contributed by atoms with Gasteiger partial charge in [0, 0.05) is 23.5 Å². The van der Waals surface area contributed by atoms with E-state index in [0.29, 0.717) is 12.5 Å². The second-order valence-electron chi connectivity index (χ2n) is 5.19. The van der Waals surface area contributed by atoms with Crippen LogP contribution in [0.25, 0.3) is 0 Å². The van der Waals surface area contributed by atoms with Crippen molar-refractivity contribution in [2.45, 2.75) is 18.8 Å². The van der Waals surface area contributed by atoms with Crippen LogP contribution in [0.2, 0.25) is 0 Å². The van der Waals surface area contributed by atoms with Crippen LogP contribution in [0.1, 0.15) is 18.9 Å². The Labute approximate surface area is 121 Å². The quantitative estimate of drug-likeness (QED) is 0.563. The minimum Gasteiger partial charge on any atom is -0.478 e. The lowest BCUT2D eigenvalue weighted by molar-refractivity contribution is -0.131. The summed E-state index contributed by atoms with van der Waals surface area (Å²) in [6.45, 7) is 2.00. The Kier molecular flexibility index (Phi) is 4.07. The summed E-state index contributed by atoms with van der Waals surface area (Å²) in [5, 5.41) is 8.38. The summed E-state index contributed by atoms with van der Waals surface area (Å²) < 4.78 is 0. The van der Waals surface area contributed by atoms with Crippen molar-refractivity contribution in [1.29, 1.82) is 0 Å². The zero-order chi connectivity index (χ0) is 15.5. The molecule has 21 heavy (non-hydrogen) atoms. The lowest BCUT2D eigenvalue weighted by Crippen LogP contribution is -2.42. The summed E-state index contributed by atoms with van der Waals surface area (Å²) in [6, 6.07) is 9.71. The van der Waals surface area contributed by atoms with Gasteiger partial charge in [-0.05, 0) is 12.0 Å². The maximum absolute atomic E-state index is 12.0. The Balaban J connectivity index is 1.86. The molecule has 1 aliphatic carbocycles. The van der Waals surface area contributed by atoms with E-state index in [9.17, 15) is 14.4 Å². The average Bonchev–Trinajstić information content (AvgIpc) is 3.17. The van der Waals surface area contributed by atoms with Crippen molar-refractivity contribution in [2.24, 2.45) is 5.92 Å². The monoisotopic (exact) mass is 288 g/mol. The molecule has 2 amide bonds. The second-order valence-corrected chi connectivity index (χ2v) is 5.19. The predicted molar refractivity (Wildman–Crippen MR) is 75.0 cm³/mol. The van der Waals surface area contributed by atoms with Gasteiger partial charge in [0.1, 0.15) is 0 Å². The van der Waals surface area contributed by atoms with Crippen LogP contribution in [0.3, 0.4) is 0 Å². The van der Waals surface area contributed by atoms with Crippen LogP contribution in [-0.4, -0.2) is 22.9 Å². The third-order valence-electron chi connectivity index (χ3n) is 3.67. The number of hydrogen-bond donors (Lipinski definition) is 3. The number of rotatable bonds is 4. The number of carboxylic acids is 1. The molecule has 6 heteroatoms. The second kappa shape index (κ2) is 5.78. The molecule has 3 N–H and O–H groups in total. The minimum absolute atomic E-state index is 0.205. The summed E-state index contributed by atoms with van der Waals surface area (Å²) >= 11 is 0. The molecule has 1 aliphatic rings. The molecule has 1 saturated carbocycles. The van der Waals surface area contributed by atoms with E-state index in [1.165, 1.54) is 0 Å². The number of aliphatic carboxylic acids is 1. The first-order valence-electron chi connectivity index (χ1n) is 6.50. The number of carbonyl (C=O) groups excluding carboxylic acids is 2. The Morgan fingerprint density at radius 3 is 2.48 bits per heavy atom. The molecule has 2 rings (SSSR count). The number of nitrogens with one attached hydrogen (secondary N) is 2. The third kappa shape index (κ3) is 3.47. The van der Waals surface area contributed by atoms with Gasteiger partial charge in [-0.3, -0.25) is 20.4 Å². The molecule has 1 aromatic carbocycles. The molecule has 2 unspecified atom stereocenters. The number of hydrogen-bond acceptors (Lipinski definition) is 3. The zero-order valence-corrected chi connectivity index (χ0v) is 11.5. The van der Waals surface area contributed by atoms with Gasteiger partial charge in [-0.2, -0.15) is 0 Å². The maximum Gasteiger partial charge on any atom is 0.328 e. The van der Waals surface area contributed by atoms with Crippen LogP contribution < -0.4 is 10.9 Å². The lowest BCUT2D eigenvalue weighted by Gasteiger charge is -2.12. The molecular weight excluding hydrogens is 272 g/mol. The Morgan fingerprint density at radius 1 is 1.19 bits per heavy atom. The molecule has 0 saturated heterocycles. The number of hydrazine groups is 1. The van der Waals surface area contributed by atoms with E-state index in [4.69, 9.17) is 5.11 Å². The number of carbonyl (C=O) groups is 3. The normalized spacial score (nSPS) is 23.6. The van der Waals surface area contributed by atoms with Crippen LogP contribution in [0, 0.1) is 5.92 Å². The van der Waals surface area contributed by atoms with Gasteiger partial charge >= 0.3 is 5.97 Å². The number of benzene rings is 1. The maximum atomic E-state index is 12.0. The fraction of sp³-hybridized carbons (Fsp3) is 0.267. The first kappa shape index (κ1) is 14.8. The molecule has 2 atom stereocenters. The molecule has 6 nitrogen and oxygen atoms in total. The van der Waals surface area contributed by atoms with Gasteiger partial charge in [0.15, 0.2) is 0 Å². The van der Waals surface area contributed by atoms with Crippen molar-refractivity contribution in [3.8, 4) is 0 Å². The fourth-order valence-electron chi connectivity index (χ4n) is 2.28. The van der Waals surface area contributed by atoms with Crippen molar-refractivity contribution in [3.63, 3.8) is 0 Å². The Bertz CT molecular complexity index is 597. The van der Waals surface area contributed by atoms with Crippen LogP contribution in [-0.2, 0) is 19.8 Å². The molecule has 0 aliphatic heterocycles. The van der Waals surface area contributed by atoms with E-state index in [0.717, 1.165) is 11.6 Å². The Hall–Kier alpha value is -2.63. The SMILES string of the molecule is CC1(c2ccccc2)CC1C(=O)NNC(=O)C=CC(=O)O. The smallest absolute Gasteiger partial charge is 0.328 e. The highest BCUT2D eigenvalue weighted by Crippen LogP contribution is 2.53. The highest BCUT2D eigenvalue weighted by Gasteiger charge is 2.55. The van der Waals surface area contributed by atoms with Crippen LogP contribution in [0.4, 0.5) is 0 Å². The predicted octanol–water partition coefficient (Wildman–Crippen LogP) is 0.752. The van der Waals surface area contributed by atoms with Crippen molar-refractivity contribution < 1.29 is 19.5 Å². The van der Waals surface area contributed by atoms with Gasteiger partial charge in [0.05, 0.1) is 0 Å². The van der Waals surface area contributed by atoms with Gasteiger partial charge in [-0.25, -0.2) is 4.79 Å². The van der Waals surface area contributed by atoms with Gasteiger partial charge in [-0.1, -0.05) is 37.3 Å². The first-order valence-corrected chi connectivity index (χ1v) is 6.50. The molecule has 0 spiro atoms. The van der Waals surface area contributed by atoms with Gasteiger partial charge in [0.25, 0.3) is 5.91 Å². The van der Waals surface area contributed by atoms with E-state index in [2.05, 4.69) is 10.9 Å². The first-order chi connectivity index (χ1) is 9.93. The topological polar surface area (TPSA) is 95.5 Å². The van der Waals surface area contributed by atoms with E-state index in [-0.39, 0.29) is 17.2 Å². The standard InChI is InChI=1S/C15H16N2O4/c1-15(10-5-3-2-4-6-10)9-11(15)14(21)17-16-12(18)7-8-13(19)20/h2-8,11H,9H2,1H3,(H,16,18)(H,17,21)(H,19,20). The third-order valence-corrected chi connectivity index (χ3v) is 3.67. The Morgan fingerprint density at radius 2 is 1.86 bits per heavy atom. The average molecular weight is 288 g/mol. The minimum atomic E-state index is -1.23. The van der Waals surface area contributed by atoms with Crippen LogP contribution in [0.5, 0.6) is 0 Å². The number of amides is 2. The molecule has 0 aromatic heterocycles. The largest absolute Gasteiger partial charge is 0.478 e. The summed E-state index contributed by atoms with van der Waals surface area (Å²) in [7, 11) is 0. The van der Waals surface area contributed by atoms with Crippen molar-refractivity contribution in [1.82, 2.24) is 10.9 Å². The molecule has 0 radical (unpaired) electrons. The van der Waals surface area contributed by atoms with Crippen LogP contribution >= 0.6 is 0 Å². The van der Waals surface area contributed by atoms with E-state index in [1.54, 1.807) is 0 Å². The molecule has 1 aromatic rings. The van der Waals surface area contributed by atoms with Crippen molar-refractivity contribution in [2.75, 3.05) is 0 Å². The summed E-state index contributed by atoms with van der Waals surface area (Å²) in [5.41, 5.74) is 5.34. The summed E-state index contributed by atoms with van der Waals surface area (Å²) in [6.07, 6.45) is 2.25. The number of carboxylic acid groups (broad SMARTS) is 1. The molecule has 0 bridgehead atoms. The fourth-order valence-corrected chi connectivity index (χ4v) is 2.28. The van der Waals surface area contributed by atoms with Gasteiger partial charge in [-0.15, -0.1) is 0 Å². The van der Waals surface area contributed by atoms with Crippen molar-refractivity contribution >= 4 is 17.8 Å². The highest BCUT2D eigenvalue weighted by atomic mass is 16.4. The lowest BCUT2D eigenvalue weighted by atomic mass is 9.95. The van der Waals surface area contributed by atoms with Gasteiger partial charge < -0.3 is 5.11 Å². The van der Waals surface area contributed by atoms with Crippen LogP contribution in [0.15, 0.2) is 42.5 Å².